The van der Waals surface area contributed by atoms with Gasteiger partial charge in [-0.15, -0.1) is 0 Å². The highest BCUT2D eigenvalue weighted by molar-refractivity contribution is 7.89. The molecule has 0 fully saturated rings. The number of alkyl halides is 2. The second-order valence-electron chi connectivity index (χ2n) is 5.00. The van der Waals surface area contributed by atoms with Crippen LogP contribution in [0.5, 0.6) is 5.75 Å². The monoisotopic (exact) mass is 370 g/mol. The summed E-state index contributed by atoms with van der Waals surface area (Å²) in [6.07, 6.45) is 0. The van der Waals surface area contributed by atoms with Crippen LogP contribution in [0.25, 0.3) is 0 Å². The first kappa shape index (κ1) is 18.8. The van der Waals surface area contributed by atoms with Gasteiger partial charge in [0.25, 0.3) is 0 Å². The molecule has 2 rings (SSSR count). The Kier molecular flexibility index (Phi) is 6.05. The van der Waals surface area contributed by atoms with E-state index in [0.29, 0.717) is 0 Å². The molecule has 134 valence electrons. The topological polar surface area (TPSA) is 75.7 Å². The summed E-state index contributed by atoms with van der Waals surface area (Å²) in [7, 11) is -2.58. The highest BCUT2D eigenvalue weighted by Gasteiger charge is 2.23. The van der Waals surface area contributed by atoms with E-state index in [-0.39, 0.29) is 16.3 Å². The van der Waals surface area contributed by atoms with Gasteiger partial charge in [0.05, 0.1) is 17.1 Å². The van der Waals surface area contributed by atoms with Crippen LogP contribution < -0.4 is 10.1 Å². The van der Waals surface area contributed by atoms with E-state index in [9.17, 15) is 22.0 Å². The van der Waals surface area contributed by atoms with E-state index in [4.69, 9.17) is 0 Å². The maximum Gasteiger partial charge on any atom is 0.387 e. The van der Waals surface area contributed by atoms with Crippen LogP contribution in [0.3, 0.4) is 0 Å². The van der Waals surface area contributed by atoms with Crippen LogP contribution in [-0.4, -0.2) is 38.8 Å². The minimum Gasteiger partial charge on any atom is -0.433 e. The van der Waals surface area contributed by atoms with Gasteiger partial charge in [0.2, 0.25) is 15.9 Å². The van der Waals surface area contributed by atoms with Crippen LogP contribution in [0.15, 0.2) is 59.5 Å². The summed E-state index contributed by atoms with van der Waals surface area (Å²) in [5, 5.41) is 2.37. The van der Waals surface area contributed by atoms with Gasteiger partial charge < -0.3 is 10.1 Å². The lowest BCUT2D eigenvalue weighted by atomic mass is 10.3. The second kappa shape index (κ2) is 8.04. The Labute approximate surface area is 144 Å². The number of halogens is 2. The van der Waals surface area contributed by atoms with Gasteiger partial charge in [-0.1, -0.05) is 30.3 Å². The van der Waals surface area contributed by atoms with Crippen molar-refractivity contribution in [2.75, 3.05) is 18.9 Å². The predicted octanol–water partition coefficient (Wildman–Crippen LogP) is 2.55. The number of nitrogens with one attached hydrogen (secondary N) is 1. The molecule has 1 N–H and O–H groups in total. The number of ether oxygens (including phenoxy) is 1. The summed E-state index contributed by atoms with van der Waals surface area (Å²) < 4.78 is 54.6. The fourth-order valence-electron chi connectivity index (χ4n) is 2.02. The molecule has 2 aromatic rings. The predicted molar refractivity (Wildman–Crippen MR) is 88.0 cm³/mol. The zero-order valence-electron chi connectivity index (χ0n) is 13.2. The first-order valence-corrected chi connectivity index (χ1v) is 8.60. The largest absolute Gasteiger partial charge is 0.433 e. The van der Waals surface area contributed by atoms with E-state index in [1.54, 1.807) is 18.2 Å². The van der Waals surface area contributed by atoms with Gasteiger partial charge in [-0.3, -0.25) is 4.79 Å². The lowest BCUT2D eigenvalue weighted by Gasteiger charge is -2.17. The first-order valence-electron chi connectivity index (χ1n) is 7.16. The molecule has 0 spiro atoms. The molecule has 0 saturated carbocycles. The zero-order chi connectivity index (χ0) is 18.4. The molecule has 25 heavy (non-hydrogen) atoms. The smallest absolute Gasteiger partial charge is 0.387 e. The summed E-state index contributed by atoms with van der Waals surface area (Å²) in [6, 6.07) is 13.3. The number of carbonyl (C=O) groups is 1. The second-order valence-corrected chi connectivity index (χ2v) is 7.04. The number of likely N-dealkylation sites (N-methyl/N-ethyl adjacent to an activating group) is 1. The van der Waals surface area contributed by atoms with E-state index in [0.717, 1.165) is 4.31 Å². The number of amides is 1. The SMILES string of the molecule is CN(CC(=O)Nc1ccccc1OC(F)F)S(=O)(=O)c1ccccc1. The van der Waals surface area contributed by atoms with Crippen LogP contribution in [0.2, 0.25) is 0 Å². The third kappa shape index (κ3) is 4.97. The van der Waals surface area contributed by atoms with Crippen molar-refractivity contribution in [1.82, 2.24) is 4.31 Å². The summed E-state index contributed by atoms with van der Waals surface area (Å²) in [5.41, 5.74) is 0.0262. The van der Waals surface area contributed by atoms with Crippen molar-refractivity contribution in [2.45, 2.75) is 11.5 Å². The normalized spacial score (nSPS) is 11.6. The fourth-order valence-corrected chi connectivity index (χ4v) is 3.17. The Hall–Kier alpha value is -2.52. The molecule has 0 heterocycles. The van der Waals surface area contributed by atoms with E-state index in [1.165, 1.54) is 43.4 Å². The molecule has 0 radical (unpaired) electrons. The Morgan fingerprint density at radius 3 is 2.36 bits per heavy atom. The lowest BCUT2D eigenvalue weighted by Crippen LogP contribution is -2.35. The van der Waals surface area contributed by atoms with Crippen molar-refractivity contribution in [3.63, 3.8) is 0 Å². The van der Waals surface area contributed by atoms with Gasteiger partial charge in [-0.05, 0) is 24.3 Å². The number of rotatable bonds is 7. The van der Waals surface area contributed by atoms with Crippen molar-refractivity contribution in [1.29, 1.82) is 0 Å². The molecule has 0 bridgehead atoms. The summed E-state index contributed by atoms with van der Waals surface area (Å²) in [6.45, 7) is -3.53. The van der Waals surface area contributed by atoms with Crippen LogP contribution >= 0.6 is 0 Å². The fraction of sp³-hybridized carbons (Fsp3) is 0.188. The van der Waals surface area contributed by atoms with Gasteiger partial charge in [-0.2, -0.15) is 13.1 Å². The molecule has 0 aliphatic rings. The molecule has 1 amide bonds. The van der Waals surface area contributed by atoms with Crippen molar-refractivity contribution >= 4 is 21.6 Å². The van der Waals surface area contributed by atoms with Crippen molar-refractivity contribution < 1.29 is 26.7 Å². The molecule has 0 aliphatic heterocycles. The average molecular weight is 370 g/mol. The van der Waals surface area contributed by atoms with Crippen LogP contribution in [-0.2, 0) is 14.8 Å². The first-order chi connectivity index (χ1) is 11.8. The van der Waals surface area contributed by atoms with Crippen LogP contribution in [0.1, 0.15) is 0 Å². The number of anilines is 1. The van der Waals surface area contributed by atoms with Crippen molar-refractivity contribution in [2.24, 2.45) is 0 Å². The van der Waals surface area contributed by atoms with Crippen molar-refractivity contribution in [3.05, 3.63) is 54.6 Å². The molecule has 9 heteroatoms. The van der Waals surface area contributed by atoms with Gasteiger partial charge in [0.15, 0.2) is 0 Å². The quantitative estimate of drug-likeness (QED) is 0.813. The zero-order valence-corrected chi connectivity index (χ0v) is 14.0. The maximum atomic E-state index is 12.4. The Balaban J connectivity index is 2.08. The Morgan fingerprint density at radius 2 is 1.72 bits per heavy atom. The standard InChI is InChI=1S/C16H16F2N2O4S/c1-20(25(22,23)12-7-3-2-4-8-12)11-15(21)19-13-9-5-6-10-14(13)24-16(17)18/h2-10,16H,11H2,1H3,(H,19,21). The lowest BCUT2D eigenvalue weighted by molar-refractivity contribution is -0.116. The minimum atomic E-state index is -3.83. The van der Waals surface area contributed by atoms with Crippen LogP contribution in [0.4, 0.5) is 14.5 Å². The highest BCUT2D eigenvalue weighted by atomic mass is 32.2. The third-order valence-corrected chi connectivity index (χ3v) is 5.01. The molecule has 0 unspecified atom stereocenters. The van der Waals surface area contributed by atoms with Gasteiger partial charge in [-0.25, -0.2) is 8.42 Å². The number of carbonyl (C=O) groups excluding carboxylic acids is 1. The van der Waals surface area contributed by atoms with Crippen LogP contribution in [0, 0.1) is 0 Å². The van der Waals surface area contributed by atoms with Crippen molar-refractivity contribution in [3.8, 4) is 5.75 Å². The molecular weight excluding hydrogens is 354 g/mol. The minimum absolute atomic E-state index is 0.0262. The summed E-state index contributed by atoms with van der Waals surface area (Å²) in [4.78, 5) is 12.1. The number of benzene rings is 2. The number of hydrogen-bond acceptors (Lipinski definition) is 4. The van der Waals surface area contributed by atoms with E-state index < -0.39 is 29.1 Å². The van der Waals surface area contributed by atoms with Gasteiger partial charge in [0.1, 0.15) is 5.75 Å². The molecule has 2 aromatic carbocycles. The summed E-state index contributed by atoms with van der Waals surface area (Å²) >= 11 is 0. The number of sulfonamides is 1. The Bertz CT molecular complexity index is 829. The highest BCUT2D eigenvalue weighted by Crippen LogP contribution is 2.25. The van der Waals surface area contributed by atoms with Gasteiger partial charge >= 0.3 is 6.61 Å². The van der Waals surface area contributed by atoms with E-state index in [1.807, 2.05) is 0 Å². The molecule has 0 aliphatic carbocycles. The average Bonchev–Trinajstić information content (AvgIpc) is 2.57. The number of hydrogen-bond donors (Lipinski definition) is 1. The molecular formula is C16H16F2N2O4S. The Morgan fingerprint density at radius 1 is 1.12 bits per heavy atom. The number of nitrogens with zero attached hydrogens (tertiary/aromatic N) is 1. The maximum absolute atomic E-state index is 12.4. The van der Waals surface area contributed by atoms with E-state index in [2.05, 4.69) is 10.1 Å². The molecule has 6 nitrogen and oxygen atoms in total. The summed E-state index contributed by atoms with van der Waals surface area (Å²) in [5.74, 6) is -0.897. The van der Waals surface area contributed by atoms with E-state index >= 15 is 0 Å². The molecule has 0 aromatic heterocycles. The third-order valence-electron chi connectivity index (χ3n) is 3.19. The van der Waals surface area contributed by atoms with Gasteiger partial charge in [0, 0.05) is 7.05 Å². The molecule has 0 saturated heterocycles. The molecule has 0 atom stereocenters. The number of para-hydroxylation sites is 2.